The zero-order valence-electron chi connectivity index (χ0n) is 14.3. The average molecular weight is 424 g/mol. The third-order valence-electron chi connectivity index (χ3n) is 3.90. The van der Waals surface area contributed by atoms with Gasteiger partial charge in [-0.1, -0.05) is 23.9 Å². The molecule has 2 heterocycles. The fourth-order valence-corrected chi connectivity index (χ4v) is 3.61. The minimum atomic E-state index is -0.286. The number of nitrogens with zero attached hydrogens (tertiary/aromatic N) is 4. The van der Waals surface area contributed by atoms with Crippen LogP contribution in [0.1, 0.15) is 5.82 Å². The molecule has 1 fully saturated rings. The van der Waals surface area contributed by atoms with Crippen molar-refractivity contribution in [2.45, 2.75) is 11.6 Å². The lowest BCUT2D eigenvalue weighted by Crippen LogP contribution is -2.37. The molecule has 0 unspecified atom stereocenters. The number of thioether (sulfide) groups is 1. The van der Waals surface area contributed by atoms with Crippen LogP contribution in [0, 0.1) is 5.82 Å². The van der Waals surface area contributed by atoms with E-state index in [2.05, 4.69) is 15.1 Å². The first-order chi connectivity index (χ1) is 11.8. The Kier molecular flexibility index (Phi) is 10.4. The molecular formula is C16H24Cl2FN5OS. The van der Waals surface area contributed by atoms with Gasteiger partial charge in [-0.3, -0.25) is 9.47 Å². The molecule has 1 aromatic heterocycles. The first-order valence-electron chi connectivity index (χ1n) is 8.12. The summed E-state index contributed by atoms with van der Waals surface area (Å²) in [6.07, 6.45) is 0.561. The summed E-state index contributed by atoms with van der Waals surface area (Å²) < 4.78 is 21.4. The summed E-state index contributed by atoms with van der Waals surface area (Å²) in [5.41, 5.74) is 6.12. The van der Waals surface area contributed by atoms with E-state index in [1.165, 1.54) is 6.07 Å². The normalized spacial score (nSPS) is 14.5. The standard InChI is InChI=1S/C16H22FN5OS.2ClH/c17-13-3-1-2-4-14(13)22-15(5-6-18)19-20-16(22)24-12-9-21-7-10-23-11-8-21;;/h1-4H,5-12,18H2;2*1H. The van der Waals surface area contributed by atoms with E-state index in [1.807, 2.05) is 6.07 Å². The minimum Gasteiger partial charge on any atom is -0.379 e. The molecule has 3 rings (SSSR count). The Balaban J connectivity index is 0.00000169. The summed E-state index contributed by atoms with van der Waals surface area (Å²) in [5, 5.41) is 9.15. The first-order valence-corrected chi connectivity index (χ1v) is 9.10. The molecule has 0 radical (unpaired) electrons. The Hall–Kier alpha value is -0.900. The molecule has 0 bridgehead atoms. The maximum absolute atomic E-state index is 14.2. The molecular weight excluding hydrogens is 400 g/mol. The number of hydrogen-bond acceptors (Lipinski definition) is 6. The summed E-state index contributed by atoms with van der Waals surface area (Å²) in [5.74, 6) is 1.27. The Morgan fingerprint density at radius 2 is 1.88 bits per heavy atom. The molecule has 1 aliphatic heterocycles. The summed E-state index contributed by atoms with van der Waals surface area (Å²) >= 11 is 1.59. The number of halogens is 3. The van der Waals surface area contributed by atoms with Gasteiger partial charge >= 0.3 is 0 Å². The quantitative estimate of drug-likeness (QED) is 0.688. The number of aromatic nitrogens is 3. The zero-order valence-corrected chi connectivity index (χ0v) is 16.8. The van der Waals surface area contributed by atoms with Crippen molar-refractivity contribution in [3.8, 4) is 5.69 Å². The number of benzene rings is 1. The van der Waals surface area contributed by atoms with E-state index in [0.717, 1.165) is 38.6 Å². The van der Waals surface area contributed by atoms with Crippen molar-refractivity contribution in [2.75, 3.05) is 45.1 Å². The largest absolute Gasteiger partial charge is 0.379 e. The van der Waals surface area contributed by atoms with E-state index in [9.17, 15) is 4.39 Å². The van der Waals surface area contributed by atoms with Crippen LogP contribution in [0.2, 0.25) is 0 Å². The van der Waals surface area contributed by atoms with Crippen LogP contribution >= 0.6 is 36.6 Å². The Morgan fingerprint density at radius 1 is 1.15 bits per heavy atom. The maximum atomic E-state index is 14.2. The van der Waals surface area contributed by atoms with Gasteiger partial charge in [-0.2, -0.15) is 0 Å². The van der Waals surface area contributed by atoms with E-state index in [4.69, 9.17) is 10.5 Å². The summed E-state index contributed by atoms with van der Waals surface area (Å²) in [4.78, 5) is 2.36. The molecule has 0 spiro atoms. The highest BCUT2D eigenvalue weighted by atomic mass is 35.5. The van der Waals surface area contributed by atoms with Crippen molar-refractivity contribution < 1.29 is 9.13 Å². The third-order valence-corrected chi connectivity index (χ3v) is 4.81. The first kappa shape index (κ1) is 23.1. The van der Waals surface area contributed by atoms with Gasteiger partial charge < -0.3 is 10.5 Å². The van der Waals surface area contributed by atoms with E-state index >= 15 is 0 Å². The van der Waals surface area contributed by atoms with Gasteiger partial charge in [-0.15, -0.1) is 35.0 Å². The lowest BCUT2D eigenvalue weighted by atomic mass is 10.3. The summed E-state index contributed by atoms with van der Waals surface area (Å²) in [7, 11) is 0. The van der Waals surface area contributed by atoms with Gasteiger partial charge in [-0.25, -0.2) is 4.39 Å². The molecule has 0 atom stereocenters. The van der Waals surface area contributed by atoms with Crippen LogP contribution in [-0.2, 0) is 11.2 Å². The number of morpholine rings is 1. The molecule has 2 aromatic rings. The molecule has 1 aromatic carbocycles. The second-order valence-corrected chi connectivity index (χ2v) is 6.59. The fourth-order valence-electron chi connectivity index (χ4n) is 2.65. The Bertz CT molecular complexity index is 670. The SMILES string of the molecule is Cl.Cl.NCCc1nnc(SCCN2CCOCC2)n1-c1ccccc1F. The van der Waals surface area contributed by atoms with Gasteiger partial charge in [0.1, 0.15) is 11.6 Å². The van der Waals surface area contributed by atoms with E-state index in [1.54, 1.807) is 28.5 Å². The molecule has 146 valence electrons. The van der Waals surface area contributed by atoms with Crippen molar-refractivity contribution in [1.82, 2.24) is 19.7 Å². The van der Waals surface area contributed by atoms with Gasteiger partial charge in [0.05, 0.1) is 18.9 Å². The number of ether oxygens (including phenoxy) is 1. The highest BCUT2D eigenvalue weighted by molar-refractivity contribution is 7.99. The smallest absolute Gasteiger partial charge is 0.195 e. The average Bonchev–Trinajstić information content (AvgIpc) is 2.99. The van der Waals surface area contributed by atoms with Gasteiger partial charge in [0.2, 0.25) is 0 Å². The van der Waals surface area contributed by atoms with Crippen LogP contribution in [0.25, 0.3) is 5.69 Å². The van der Waals surface area contributed by atoms with Crippen LogP contribution < -0.4 is 5.73 Å². The van der Waals surface area contributed by atoms with Crippen LogP contribution in [0.15, 0.2) is 29.4 Å². The highest BCUT2D eigenvalue weighted by Crippen LogP contribution is 2.24. The molecule has 1 aliphatic rings. The molecule has 1 saturated heterocycles. The van der Waals surface area contributed by atoms with E-state index in [-0.39, 0.29) is 30.6 Å². The molecule has 2 N–H and O–H groups in total. The topological polar surface area (TPSA) is 69.2 Å². The van der Waals surface area contributed by atoms with Crippen molar-refractivity contribution in [3.63, 3.8) is 0 Å². The predicted molar refractivity (Wildman–Crippen MR) is 107 cm³/mol. The number of rotatable bonds is 7. The molecule has 0 amide bonds. The highest BCUT2D eigenvalue weighted by Gasteiger charge is 2.17. The van der Waals surface area contributed by atoms with Crippen molar-refractivity contribution in [1.29, 1.82) is 0 Å². The molecule has 0 saturated carbocycles. The van der Waals surface area contributed by atoms with Crippen LogP contribution in [0.4, 0.5) is 4.39 Å². The minimum absolute atomic E-state index is 0. The van der Waals surface area contributed by atoms with E-state index < -0.39 is 0 Å². The predicted octanol–water partition coefficient (Wildman–Crippen LogP) is 2.18. The van der Waals surface area contributed by atoms with Gasteiger partial charge in [-0.05, 0) is 18.7 Å². The fraction of sp³-hybridized carbons (Fsp3) is 0.500. The second-order valence-electron chi connectivity index (χ2n) is 5.53. The molecule has 6 nitrogen and oxygen atoms in total. The second kappa shape index (κ2) is 11.7. The summed E-state index contributed by atoms with van der Waals surface area (Å²) in [6, 6.07) is 6.68. The number of hydrogen-bond donors (Lipinski definition) is 1. The molecule has 10 heteroatoms. The number of nitrogens with two attached hydrogens (primary N) is 1. The van der Waals surface area contributed by atoms with Gasteiger partial charge in [0, 0.05) is 31.8 Å². The van der Waals surface area contributed by atoms with Crippen LogP contribution in [0.3, 0.4) is 0 Å². The maximum Gasteiger partial charge on any atom is 0.195 e. The lowest BCUT2D eigenvalue weighted by Gasteiger charge is -2.26. The van der Waals surface area contributed by atoms with E-state index in [0.29, 0.717) is 29.6 Å². The third kappa shape index (κ3) is 5.80. The monoisotopic (exact) mass is 423 g/mol. The number of para-hydroxylation sites is 1. The zero-order chi connectivity index (χ0) is 16.8. The van der Waals surface area contributed by atoms with Gasteiger partial charge in [0.25, 0.3) is 0 Å². The van der Waals surface area contributed by atoms with Crippen LogP contribution in [-0.4, -0.2) is 64.8 Å². The van der Waals surface area contributed by atoms with Crippen molar-refractivity contribution in [2.24, 2.45) is 5.73 Å². The molecule has 26 heavy (non-hydrogen) atoms. The van der Waals surface area contributed by atoms with Gasteiger partial charge in [0.15, 0.2) is 5.16 Å². The van der Waals surface area contributed by atoms with Crippen LogP contribution in [0.5, 0.6) is 0 Å². The molecule has 0 aliphatic carbocycles. The Morgan fingerprint density at radius 3 is 2.58 bits per heavy atom. The summed E-state index contributed by atoms with van der Waals surface area (Å²) in [6.45, 7) is 4.89. The van der Waals surface area contributed by atoms with Crippen molar-refractivity contribution in [3.05, 3.63) is 35.9 Å². The lowest BCUT2D eigenvalue weighted by molar-refractivity contribution is 0.0410. The Labute approximate surface area is 169 Å². The van der Waals surface area contributed by atoms with Crippen molar-refractivity contribution >= 4 is 36.6 Å².